The van der Waals surface area contributed by atoms with Gasteiger partial charge in [-0.2, -0.15) is 0 Å². The third kappa shape index (κ3) is 7.13. The van der Waals surface area contributed by atoms with Crippen molar-refractivity contribution in [1.29, 1.82) is 0 Å². The fraction of sp³-hybridized carbons (Fsp3) is 0.0746. The summed E-state index contributed by atoms with van der Waals surface area (Å²) in [6.45, 7) is 0. The number of para-hydroxylation sites is 5. The van der Waals surface area contributed by atoms with Crippen molar-refractivity contribution in [2.75, 3.05) is 14.7 Å². The Labute approximate surface area is 416 Å². The molecule has 4 heteroatoms. The average Bonchev–Trinajstić information content (AvgIpc) is 3.79. The van der Waals surface area contributed by atoms with Gasteiger partial charge in [-0.1, -0.05) is 176 Å². The molecule has 4 nitrogen and oxygen atoms in total. The van der Waals surface area contributed by atoms with Gasteiger partial charge in [0.15, 0.2) is 0 Å². The molecule has 9 aromatic carbocycles. The summed E-state index contributed by atoms with van der Waals surface area (Å²) in [5, 5.41) is 2.53. The summed E-state index contributed by atoms with van der Waals surface area (Å²) in [5.41, 5.74) is 17.2. The van der Waals surface area contributed by atoms with Crippen LogP contribution < -0.4 is 14.7 Å². The molecule has 1 aliphatic heterocycles. The van der Waals surface area contributed by atoms with E-state index in [1.165, 1.54) is 61.1 Å². The van der Waals surface area contributed by atoms with E-state index >= 15 is 0 Å². The SMILES string of the molecule is C1=CCCC(N(c2ccccc2)C2C=CC(N(c3ccc(N(c4ccccc4)c4ccccc4)cc3)c3ccc4c(c3)C(c3ccccc3)(c3ccccc3)c3cccc5c6ccccc6n-4c35)=CC2)=C1. The van der Waals surface area contributed by atoms with Gasteiger partial charge in [0.25, 0.3) is 0 Å². The minimum atomic E-state index is -0.640. The first-order valence-electron chi connectivity index (χ1n) is 24.9. The van der Waals surface area contributed by atoms with Crippen LogP contribution in [0.5, 0.6) is 0 Å². The van der Waals surface area contributed by atoms with Gasteiger partial charge in [0.1, 0.15) is 0 Å². The Kier molecular flexibility index (Phi) is 10.7. The summed E-state index contributed by atoms with van der Waals surface area (Å²) in [5.74, 6) is 0. The van der Waals surface area contributed by atoms with Crippen LogP contribution in [0.1, 0.15) is 41.5 Å². The Morgan fingerprint density at radius 3 is 1.62 bits per heavy atom. The Morgan fingerprint density at radius 2 is 1.01 bits per heavy atom. The van der Waals surface area contributed by atoms with Crippen LogP contribution >= 0.6 is 0 Å². The second-order valence-corrected chi connectivity index (χ2v) is 18.7. The molecule has 2 aliphatic carbocycles. The number of hydrogen-bond acceptors (Lipinski definition) is 3. The van der Waals surface area contributed by atoms with Crippen LogP contribution in [0.25, 0.3) is 27.5 Å². The zero-order valence-corrected chi connectivity index (χ0v) is 39.5. The highest BCUT2D eigenvalue weighted by Gasteiger charge is 2.45. The molecule has 1 atom stereocenters. The first-order chi connectivity index (χ1) is 35.3. The highest BCUT2D eigenvalue weighted by molar-refractivity contribution is 6.12. The number of anilines is 6. The standard InChI is InChI=1S/C67H52N4/c1-7-22-49(23-8-1)67(50-24-9-2-10-25-50)62-36-21-35-61-60-34-19-20-37-64(60)71(66(61)62)65-47-46-59(48-63(65)67)70(57-42-38-55(39-43-57)68(51-26-11-3-12-27-51)52-28-13-4-14-29-52)58-44-40-56(41-45-58)69(53-30-15-5-16-31-53)54-32-17-6-18-33-54/h1-17,19-32,34-40,42-48,56H,18,33,41H2. The lowest BCUT2D eigenvalue weighted by molar-refractivity contribution is 0.715. The van der Waals surface area contributed by atoms with Crippen molar-refractivity contribution in [3.05, 3.63) is 307 Å². The largest absolute Gasteiger partial charge is 0.338 e. The second kappa shape index (κ2) is 17.9. The molecule has 0 N–H and O–H groups in total. The first kappa shape index (κ1) is 42.3. The third-order valence-corrected chi connectivity index (χ3v) is 14.8. The maximum atomic E-state index is 2.54. The van der Waals surface area contributed by atoms with Crippen molar-refractivity contribution >= 4 is 55.9 Å². The van der Waals surface area contributed by atoms with Gasteiger partial charge in [-0.3, -0.25) is 0 Å². The Balaban J connectivity index is 1.02. The van der Waals surface area contributed by atoms with Crippen LogP contribution in [0.4, 0.5) is 34.1 Å². The lowest BCUT2D eigenvalue weighted by Gasteiger charge is -2.42. The lowest BCUT2D eigenvalue weighted by atomic mass is 9.63. The van der Waals surface area contributed by atoms with Gasteiger partial charge in [-0.15, -0.1) is 0 Å². The number of rotatable bonds is 11. The van der Waals surface area contributed by atoms with Crippen LogP contribution in [0.15, 0.2) is 284 Å². The lowest BCUT2D eigenvalue weighted by Crippen LogP contribution is -2.36. The number of hydrogen-bond donors (Lipinski definition) is 0. The van der Waals surface area contributed by atoms with Crippen LogP contribution in [0, 0.1) is 0 Å². The van der Waals surface area contributed by atoms with E-state index in [0.717, 1.165) is 53.4 Å². The predicted octanol–water partition coefficient (Wildman–Crippen LogP) is 17.0. The summed E-state index contributed by atoms with van der Waals surface area (Å²) in [6, 6.07) is 86.9. The number of aromatic nitrogens is 1. The molecule has 0 amide bonds. The molecule has 0 saturated heterocycles. The van der Waals surface area contributed by atoms with E-state index in [1.54, 1.807) is 0 Å². The summed E-state index contributed by atoms with van der Waals surface area (Å²) in [6.07, 6.45) is 16.9. The molecule has 3 aliphatic rings. The van der Waals surface area contributed by atoms with E-state index in [4.69, 9.17) is 0 Å². The van der Waals surface area contributed by atoms with Gasteiger partial charge in [0, 0.05) is 56.3 Å². The van der Waals surface area contributed by atoms with Gasteiger partial charge in [-0.25, -0.2) is 0 Å². The van der Waals surface area contributed by atoms with E-state index in [-0.39, 0.29) is 6.04 Å². The molecular weight excluding hydrogens is 861 g/mol. The van der Waals surface area contributed by atoms with E-state index in [9.17, 15) is 0 Å². The van der Waals surface area contributed by atoms with Gasteiger partial charge in [0.2, 0.25) is 0 Å². The third-order valence-electron chi connectivity index (χ3n) is 14.8. The normalized spacial score (nSPS) is 15.5. The highest BCUT2D eigenvalue weighted by atomic mass is 15.2. The number of allylic oxidation sites excluding steroid dienone is 5. The average molecular weight is 913 g/mol. The molecule has 0 saturated carbocycles. The molecule has 2 heterocycles. The first-order valence-corrected chi connectivity index (χ1v) is 24.9. The topological polar surface area (TPSA) is 14.7 Å². The summed E-state index contributed by atoms with van der Waals surface area (Å²) in [7, 11) is 0. The molecule has 340 valence electrons. The van der Waals surface area contributed by atoms with Crippen LogP contribution in [-0.4, -0.2) is 10.6 Å². The molecule has 1 aromatic heterocycles. The molecule has 10 aromatic rings. The molecule has 71 heavy (non-hydrogen) atoms. The maximum Gasteiger partial charge on any atom is 0.0743 e. The number of nitrogens with zero attached hydrogens (tertiary/aromatic N) is 4. The van der Waals surface area contributed by atoms with Crippen molar-refractivity contribution < 1.29 is 0 Å². The van der Waals surface area contributed by atoms with Crippen molar-refractivity contribution in [3.63, 3.8) is 0 Å². The van der Waals surface area contributed by atoms with Crippen molar-refractivity contribution in [1.82, 2.24) is 4.57 Å². The Morgan fingerprint density at radius 1 is 0.465 bits per heavy atom. The van der Waals surface area contributed by atoms with Crippen LogP contribution in [0.2, 0.25) is 0 Å². The zero-order chi connectivity index (χ0) is 47.1. The smallest absolute Gasteiger partial charge is 0.0743 e. The van der Waals surface area contributed by atoms with Gasteiger partial charge >= 0.3 is 0 Å². The highest BCUT2D eigenvalue weighted by Crippen LogP contribution is 2.55. The Hall–Kier alpha value is -8.86. The molecule has 1 unspecified atom stereocenters. The van der Waals surface area contributed by atoms with Gasteiger partial charge in [-0.05, 0) is 139 Å². The van der Waals surface area contributed by atoms with E-state index < -0.39 is 5.41 Å². The number of fused-ring (bicyclic) bond motifs is 5. The van der Waals surface area contributed by atoms with E-state index in [2.05, 4.69) is 292 Å². The monoisotopic (exact) mass is 912 g/mol. The van der Waals surface area contributed by atoms with Gasteiger partial charge < -0.3 is 19.3 Å². The Bertz CT molecular complexity index is 3590. The minimum Gasteiger partial charge on any atom is -0.338 e. The molecule has 13 rings (SSSR count). The fourth-order valence-corrected chi connectivity index (χ4v) is 11.7. The number of benzene rings is 9. The summed E-state index contributed by atoms with van der Waals surface area (Å²) in [4.78, 5) is 7.35. The molecular formula is C67H52N4. The van der Waals surface area contributed by atoms with E-state index in [0.29, 0.717) is 0 Å². The maximum absolute atomic E-state index is 2.54. The quantitative estimate of drug-likeness (QED) is 0.128. The predicted molar refractivity (Wildman–Crippen MR) is 297 cm³/mol. The van der Waals surface area contributed by atoms with Crippen LogP contribution in [-0.2, 0) is 5.41 Å². The van der Waals surface area contributed by atoms with Crippen LogP contribution in [0.3, 0.4) is 0 Å². The molecule has 0 radical (unpaired) electrons. The van der Waals surface area contributed by atoms with Crippen molar-refractivity contribution in [3.8, 4) is 5.69 Å². The van der Waals surface area contributed by atoms with E-state index in [1.807, 2.05) is 0 Å². The fourth-order valence-electron chi connectivity index (χ4n) is 11.7. The second-order valence-electron chi connectivity index (χ2n) is 18.7. The van der Waals surface area contributed by atoms with Crippen molar-refractivity contribution in [2.24, 2.45) is 0 Å². The van der Waals surface area contributed by atoms with Gasteiger partial charge in [0.05, 0.1) is 28.2 Å². The molecule has 0 bridgehead atoms. The molecule has 0 fully saturated rings. The van der Waals surface area contributed by atoms with Crippen molar-refractivity contribution in [2.45, 2.75) is 30.7 Å². The summed E-state index contributed by atoms with van der Waals surface area (Å²) >= 11 is 0. The zero-order valence-electron chi connectivity index (χ0n) is 39.5. The summed E-state index contributed by atoms with van der Waals surface area (Å²) < 4.78 is 2.53. The minimum absolute atomic E-state index is 0.154. The molecule has 0 spiro atoms.